The van der Waals surface area contributed by atoms with Crippen LogP contribution < -0.4 is 10.6 Å². The molecule has 0 aliphatic heterocycles. The quantitative estimate of drug-likeness (QED) is 0.785. The molecule has 26 heavy (non-hydrogen) atoms. The highest BCUT2D eigenvalue weighted by Crippen LogP contribution is 2.25. The van der Waals surface area contributed by atoms with Crippen LogP contribution in [0.3, 0.4) is 0 Å². The Hall–Kier alpha value is -1.86. The van der Waals surface area contributed by atoms with Gasteiger partial charge in [0.05, 0.1) is 6.07 Å². The van der Waals surface area contributed by atoms with E-state index in [9.17, 15) is 10.1 Å². The summed E-state index contributed by atoms with van der Waals surface area (Å²) < 4.78 is 0. The van der Waals surface area contributed by atoms with Crippen LogP contribution in [0.2, 0.25) is 0 Å². The van der Waals surface area contributed by atoms with Gasteiger partial charge in [-0.25, -0.2) is 0 Å². The van der Waals surface area contributed by atoms with Crippen molar-refractivity contribution in [3.8, 4) is 6.07 Å². The zero-order valence-electron chi connectivity index (χ0n) is 17.7. The molecule has 2 atom stereocenters. The third kappa shape index (κ3) is 5.85. The van der Waals surface area contributed by atoms with Crippen molar-refractivity contribution in [1.29, 1.82) is 5.26 Å². The van der Waals surface area contributed by atoms with Crippen LogP contribution in [-0.2, 0) is 10.2 Å². The largest absolute Gasteiger partial charge is 0.333 e. The van der Waals surface area contributed by atoms with Gasteiger partial charge >= 0.3 is 0 Å². The minimum atomic E-state index is -0.827. The number of nitrogens with two attached hydrogens (primary N) is 1. The van der Waals surface area contributed by atoms with Crippen LogP contribution in [0.5, 0.6) is 0 Å². The Kier molecular flexibility index (Phi) is 7.41. The van der Waals surface area contributed by atoms with Gasteiger partial charge in [-0.05, 0) is 23.8 Å². The lowest BCUT2D eigenvalue weighted by Crippen LogP contribution is -2.88. The molecule has 1 aromatic carbocycles. The predicted molar refractivity (Wildman–Crippen MR) is 107 cm³/mol. The molecule has 4 heteroatoms. The fourth-order valence-corrected chi connectivity index (χ4v) is 2.87. The molecule has 0 aromatic heterocycles. The summed E-state index contributed by atoms with van der Waals surface area (Å²) in [5, 5.41) is 14.3. The van der Waals surface area contributed by atoms with Gasteiger partial charge in [0.1, 0.15) is 11.6 Å². The van der Waals surface area contributed by atoms with Crippen molar-refractivity contribution < 1.29 is 10.1 Å². The normalized spacial score (nSPS) is 15.4. The molecular weight excluding hydrogens is 322 g/mol. The summed E-state index contributed by atoms with van der Waals surface area (Å²) >= 11 is 0. The monoisotopic (exact) mass is 358 g/mol. The van der Waals surface area contributed by atoms with Crippen LogP contribution >= 0.6 is 0 Å². The Labute approximate surface area is 159 Å². The molecule has 0 fully saturated rings. The standard InChI is InChI=1S/C22H35N3O/c1-15(2)20(17-9-11-18(12-10-17)21(5,6)7)24-13-19(26)25-22(8,14-23)16(3)4/h9-12,15-16,20,24H,13H2,1-8H3,(H,25,26)/p+1/t20-,22-/m1/s1. The number of nitrogens with zero attached hydrogens (tertiary/aromatic N) is 1. The van der Waals surface area contributed by atoms with Gasteiger partial charge < -0.3 is 10.6 Å². The van der Waals surface area contributed by atoms with Gasteiger partial charge in [-0.1, -0.05) is 72.7 Å². The zero-order valence-corrected chi connectivity index (χ0v) is 17.7. The van der Waals surface area contributed by atoms with Crippen molar-refractivity contribution in [2.24, 2.45) is 11.8 Å². The van der Waals surface area contributed by atoms with Gasteiger partial charge in [-0.3, -0.25) is 4.79 Å². The maximum absolute atomic E-state index is 12.4. The topological polar surface area (TPSA) is 69.5 Å². The van der Waals surface area contributed by atoms with Crippen LogP contribution in [0.1, 0.15) is 72.6 Å². The molecule has 0 aliphatic carbocycles. The van der Waals surface area contributed by atoms with Crippen LogP contribution in [-0.4, -0.2) is 18.0 Å². The number of nitriles is 1. The number of amides is 1. The molecule has 0 heterocycles. The molecule has 1 rings (SSSR count). The molecule has 0 unspecified atom stereocenters. The maximum atomic E-state index is 12.4. The van der Waals surface area contributed by atoms with Crippen molar-refractivity contribution in [2.75, 3.05) is 6.54 Å². The van der Waals surface area contributed by atoms with Gasteiger partial charge in [0.2, 0.25) is 0 Å². The molecule has 0 saturated carbocycles. The fourth-order valence-electron chi connectivity index (χ4n) is 2.87. The SMILES string of the molecule is CC(C)[C@@H]([NH2+]CC(=O)N[C@](C)(C#N)C(C)C)c1ccc(C(C)(C)C)cc1. The third-order valence-electron chi connectivity index (χ3n) is 5.22. The lowest BCUT2D eigenvalue weighted by Gasteiger charge is -2.27. The Morgan fingerprint density at radius 3 is 2.04 bits per heavy atom. The molecular formula is C22H36N3O+. The summed E-state index contributed by atoms with van der Waals surface area (Å²) in [6.07, 6.45) is 0. The first kappa shape index (κ1) is 22.2. The van der Waals surface area contributed by atoms with Crippen molar-refractivity contribution >= 4 is 5.91 Å². The highest BCUT2D eigenvalue weighted by molar-refractivity contribution is 5.78. The number of hydrogen-bond donors (Lipinski definition) is 2. The smallest absolute Gasteiger partial charge is 0.276 e. The average Bonchev–Trinajstić information content (AvgIpc) is 2.54. The number of hydrogen-bond acceptors (Lipinski definition) is 2. The summed E-state index contributed by atoms with van der Waals surface area (Å²) in [5.41, 5.74) is 1.84. The van der Waals surface area contributed by atoms with E-state index in [1.807, 2.05) is 13.8 Å². The van der Waals surface area contributed by atoms with Crippen LogP contribution in [0.15, 0.2) is 24.3 Å². The van der Waals surface area contributed by atoms with E-state index in [0.29, 0.717) is 12.5 Å². The molecule has 1 amide bonds. The molecule has 0 spiro atoms. The first-order valence-corrected chi connectivity index (χ1v) is 9.56. The number of carbonyl (C=O) groups excluding carboxylic acids is 1. The molecule has 144 valence electrons. The van der Waals surface area contributed by atoms with Crippen molar-refractivity contribution in [3.05, 3.63) is 35.4 Å². The first-order chi connectivity index (χ1) is 11.9. The molecule has 0 saturated heterocycles. The van der Waals surface area contributed by atoms with Crippen molar-refractivity contribution in [2.45, 2.75) is 72.4 Å². The van der Waals surface area contributed by atoms with E-state index in [2.05, 4.69) is 75.6 Å². The minimum Gasteiger partial charge on any atom is -0.333 e. The van der Waals surface area contributed by atoms with E-state index in [-0.39, 0.29) is 23.3 Å². The van der Waals surface area contributed by atoms with Crippen molar-refractivity contribution in [1.82, 2.24) is 5.32 Å². The van der Waals surface area contributed by atoms with E-state index in [4.69, 9.17) is 0 Å². The number of carbonyl (C=O) groups is 1. The molecule has 0 bridgehead atoms. The van der Waals surface area contributed by atoms with E-state index in [0.717, 1.165) is 0 Å². The lowest BCUT2D eigenvalue weighted by atomic mass is 9.85. The van der Waals surface area contributed by atoms with E-state index >= 15 is 0 Å². The highest BCUT2D eigenvalue weighted by Gasteiger charge is 2.31. The van der Waals surface area contributed by atoms with Gasteiger partial charge in [-0.15, -0.1) is 0 Å². The number of quaternary nitrogens is 1. The Morgan fingerprint density at radius 1 is 1.12 bits per heavy atom. The summed E-state index contributed by atoms with van der Waals surface area (Å²) in [4.78, 5) is 12.4. The lowest BCUT2D eigenvalue weighted by molar-refractivity contribution is -0.692. The minimum absolute atomic E-state index is 0.0577. The molecule has 4 nitrogen and oxygen atoms in total. The second-order valence-corrected chi connectivity index (χ2v) is 9.10. The number of benzene rings is 1. The van der Waals surface area contributed by atoms with Crippen LogP contribution in [0.4, 0.5) is 0 Å². The molecule has 0 aliphatic rings. The van der Waals surface area contributed by atoms with E-state index in [1.54, 1.807) is 6.92 Å². The second kappa shape index (κ2) is 8.68. The van der Waals surface area contributed by atoms with Crippen molar-refractivity contribution in [3.63, 3.8) is 0 Å². The number of rotatable bonds is 7. The highest BCUT2D eigenvalue weighted by atomic mass is 16.2. The van der Waals surface area contributed by atoms with Gasteiger partial charge in [0, 0.05) is 11.5 Å². The second-order valence-electron chi connectivity index (χ2n) is 9.10. The zero-order chi connectivity index (χ0) is 20.1. The summed E-state index contributed by atoms with van der Waals surface area (Å²) in [7, 11) is 0. The molecule has 3 N–H and O–H groups in total. The van der Waals surface area contributed by atoms with E-state index < -0.39 is 5.54 Å². The Bertz CT molecular complexity index is 635. The van der Waals surface area contributed by atoms with Gasteiger partial charge in [0.25, 0.3) is 5.91 Å². The maximum Gasteiger partial charge on any atom is 0.276 e. The van der Waals surface area contributed by atoms with Crippen LogP contribution in [0, 0.1) is 23.2 Å². The first-order valence-electron chi connectivity index (χ1n) is 9.56. The van der Waals surface area contributed by atoms with Gasteiger partial charge in [-0.2, -0.15) is 5.26 Å². The predicted octanol–water partition coefficient (Wildman–Crippen LogP) is 3.30. The number of nitrogens with one attached hydrogen (secondary N) is 1. The summed E-state index contributed by atoms with van der Waals surface area (Å²) in [6, 6.07) is 11.2. The van der Waals surface area contributed by atoms with Crippen LogP contribution in [0.25, 0.3) is 0 Å². The molecule has 1 aromatic rings. The third-order valence-corrected chi connectivity index (χ3v) is 5.22. The fraction of sp³-hybridized carbons (Fsp3) is 0.636. The molecule has 0 radical (unpaired) electrons. The summed E-state index contributed by atoms with van der Waals surface area (Å²) in [6.45, 7) is 16.9. The Balaban J connectivity index is 2.81. The average molecular weight is 359 g/mol. The van der Waals surface area contributed by atoms with Gasteiger partial charge in [0.15, 0.2) is 6.54 Å². The Morgan fingerprint density at radius 2 is 1.65 bits per heavy atom. The summed E-state index contributed by atoms with van der Waals surface area (Å²) in [5.74, 6) is 0.359. The van der Waals surface area contributed by atoms with E-state index in [1.165, 1.54) is 11.1 Å².